The third kappa shape index (κ3) is 4.40. The predicted molar refractivity (Wildman–Crippen MR) is 90.6 cm³/mol. The molecule has 1 amide bonds. The minimum atomic E-state index is -4.12. The van der Waals surface area contributed by atoms with E-state index in [1.54, 1.807) is 12.1 Å². The maximum atomic E-state index is 13.3. The van der Waals surface area contributed by atoms with Crippen molar-refractivity contribution in [1.82, 2.24) is 4.31 Å². The molecular formula is C17H18F2N2O3S. The van der Waals surface area contributed by atoms with Crippen molar-refractivity contribution in [1.29, 1.82) is 0 Å². The van der Waals surface area contributed by atoms with Gasteiger partial charge in [0.25, 0.3) is 0 Å². The van der Waals surface area contributed by atoms with Gasteiger partial charge in [0.05, 0.1) is 11.4 Å². The van der Waals surface area contributed by atoms with Gasteiger partial charge in [-0.25, -0.2) is 17.2 Å². The van der Waals surface area contributed by atoms with Crippen molar-refractivity contribution in [3.63, 3.8) is 0 Å². The van der Waals surface area contributed by atoms with E-state index in [9.17, 15) is 22.0 Å². The van der Waals surface area contributed by atoms with Crippen LogP contribution in [0.3, 0.4) is 0 Å². The highest BCUT2D eigenvalue weighted by Crippen LogP contribution is 2.18. The minimum absolute atomic E-state index is 0.421. The van der Waals surface area contributed by atoms with Gasteiger partial charge in [-0.05, 0) is 36.2 Å². The number of hydrogen-bond acceptors (Lipinski definition) is 3. The molecule has 134 valence electrons. The van der Waals surface area contributed by atoms with Crippen molar-refractivity contribution in [3.8, 4) is 0 Å². The Hall–Kier alpha value is -2.32. The lowest BCUT2D eigenvalue weighted by molar-refractivity contribution is -0.116. The Balaban J connectivity index is 2.13. The average Bonchev–Trinajstić information content (AvgIpc) is 2.57. The van der Waals surface area contributed by atoms with Gasteiger partial charge in [0.1, 0.15) is 0 Å². The van der Waals surface area contributed by atoms with E-state index in [-0.39, 0.29) is 0 Å². The van der Waals surface area contributed by atoms with Crippen LogP contribution in [0.4, 0.5) is 14.5 Å². The van der Waals surface area contributed by atoms with Crippen LogP contribution in [0.2, 0.25) is 0 Å². The van der Waals surface area contributed by atoms with Crippen molar-refractivity contribution >= 4 is 21.6 Å². The molecule has 2 aromatic carbocycles. The second-order valence-corrected chi connectivity index (χ2v) is 7.44. The van der Waals surface area contributed by atoms with E-state index in [0.29, 0.717) is 18.2 Å². The van der Waals surface area contributed by atoms with E-state index in [0.717, 1.165) is 22.0 Å². The fraction of sp³-hybridized carbons (Fsp3) is 0.235. The molecule has 0 fully saturated rings. The van der Waals surface area contributed by atoms with Gasteiger partial charge >= 0.3 is 0 Å². The fourth-order valence-corrected chi connectivity index (χ4v) is 3.38. The summed E-state index contributed by atoms with van der Waals surface area (Å²) in [7, 11) is -2.92. The molecule has 2 aromatic rings. The number of likely N-dealkylation sites (N-methyl/N-ethyl adjacent to an activating group) is 1. The number of halogens is 2. The van der Waals surface area contributed by atoms with Crippen molar-refractivity contribution in [2.45, 2.75) is 18.2 Å². The van der Waals surface area contributed by atoms with E-state index < -0.39 is 39.0 Å². The highest BCUT2D eigenvalue weighted by Gasteiger charge is 2.24. The number of sulfonamides is 1. The number of para-hydroxylation sites is 1. The zero-order valence-corrected chi connectivity index (χ0v) is 14.6. The maximum Gasteiger partial charge on any atom is 0.243 e. The largest absolute Gasteiger partial charge is 0.325 e. The number of hydrogen-bond donors (Lipinski definition) is 1. The number of amides is 1. The Labute approximate surface area is 145 Å². The lowest BCUT2D eigenvalue weighted by Crippen LogP contribution is -2.35. The van der Waals surface area contributed by atoms with Gasteiger partial charge < -0.3 is 5.32 Å². The number of aryl methyl sites for hydroxylation is 1. The number of carbonyl (C=O) groups excluding carboxylic acids is 1. The van der Waals surface area contributed by atoms with Crippen molar-refractivity contribution < 1.29 is 22.0 Å². The maximum absolute atomic E-state index is 13.3. The first kappa shape index (κ1) is 19.0. The molecule has 1 N–H and O–H groups in total. The molecule has 2 rings (SSSR count). The second-order valence-electron chi connectivity index (χ2n) is 5.40. The molecule has 0 radical (unpaired) electrons. The summed E-state index contributed by atoms with van der Waals surface area (Å²) in [5.74, 6) is -2.94. The third-order valence-electron chi connectivity index (χ3n) is 3.64. The van der Waals surface area contributed by atoms with Crippen LogP contribution in [0.5, 0.6) is 0 Å². The minimum Gasteiger partial charge on any atom is -0.325 e. The molecular weight excluding hydrogens is 350 g/mol. The molecule has 0 saturated heterocycles. The van der Waals surface area contributed by atoms with E-state index in [4.69, 9.17) is 0 Å². The molecule has 0 saturated carbocycles. The number of nitrogens with zero attached hydrogens (tertiary/aromatic N) is 1. The van der Waals surface area contributed by atoms with Crippen LogP contribution >= 0.6 is 0 Å². The third-order valence-corrected chi connectivity index (χ3v) is 5.44. The van der Waals surface area contributed by atoms with Crippen LogP contribution in [0.15, 0.2) is 47.4 Å². The van der Waals surface area contributed by atoms with Gasteiger partial charge in [0, 0.05) is 12.7 Å². The summed E-state index contributed by atoms with van der Waals surface area (Å²) in [6, 6.07) is 9.45. The summed E-state index contributed by atoms with van der Waals surface area (Å²) >= 11 is 0. The summed E-state index contributed by atoms with van der Waals surface area (Å²) < 4.78 is 51.7. The van der Waals surface area contributed by atoms with Gasteiger partial charge in [-0.15, -0.1) is 0 Å². The van der Waals surface area contributed by atoms with Crippen LogP contribution < -0.4 is 5.32 Å². The molecule has 5 nitrogen and oxygen atoms in total. The molecule has 8 heteroatoms. The lowest BCUT2D eigenvalue weighted by Gasteiger charge is -2.17. The molecule has 0 unspecified atom stereocenters. The highest BCUT2D eigenvalue weighted by atomic mass is 32.2. The standard InChI is InChI=1S/C17H18F2N2O3S/c1-3-12-6-4-5-7-16(12)20-17(22)11-21(2)25(23,24)13-8-9-14(18)15(19)10-13/h4-10H,3,11H2,1-2H3,(H,20,22). The normalized spacial score (nSPS) is 11.6. The molecule has 0 heterocycles. The number of rotatable bonds is 6. The molecule has 0 spiro atoms. The topological polar surface area (TPSA) is 66.5 Å². The number of carbonyl (C=O) groups is 1. The Morgan fingerprint density at radius 2 is 1.80 bits per heavy atom. The van der Waals surface area contributed by atoms with Gasteiger partial charge in [-0.3, -0.25) is 4.79 Å². The van der Waals surface area contributed by atoms with E-state index >= 15 is 0 Å². The average molecular weight is 368 g/mol. The second kappa shape index (κ2) is 7.71. The highest BCUT2D eigenvalue weighted by molar-refractivity contribution is 7.89. The zero-order chi connectivity index (χ0) is 18.6. The number of benzene rings is 2. The molecule has 0 aliphatic heterocycles. The summed E-state index contributed by atoms with van der Waals surface area (Å²) in [5, 5.41) is 2.66. The van der Waals surface area contributed by atoms with E-state index in [1.807, 2.05) is 19.1 Å². The van der Waals surface area contributed by atoms with Crippen LogP contribution in [0.1, 0.15) is 12.5 Å². The first-order valence-electron chi connectivity index (χ1n) is 7.55. The smallest absolute Gasteiger partial charge is 0.243 e. The lowest BCUT2D eigenvalue weighted by atomic mass is 10.1. The van der Waals surface area contributed by atoms with E-state index in [2.05, 4.69) is 5.32 Å². The first-order valence-corrected chi connectivity index (χ1v) is 8.99. The number of nitrogens with one attached hydrogen (secondary N) is 1. The van der Waals surface area contributed by atoms with E-state index in [1.165, 1.54) is 7.05 Å². The van der Waals surface area contributed by atoms with Gasteiger partial charge in [-0.1, -0.05) is 25.1 Å². The zero-order valence-electron chi connectivity index (χ0n) is 13.8. The van der Waals surface area contributed by atoms with Crippen LogP contribution in [0, 0.1) is 11.6 Å². The summed E-state index contributed by atoms with van der Waals surface area (Å²) in [6.07, 6.45) is 0.708. The van der Waals surface area contributed by atoms with Gasteiger partial charge in [0.2, 0.25) is 15.9 Å². The Kier molecular flexibility index (Phi) is 5.86. The van der Waals surface area contributed by atoms with Crippen LogP contribution in [0.25, 0.3) is 0 Å². The summed E-state index contributed by atoms with van der Waals surface area (Å²) in [5.41, 5.74) is 1.52. The molecule has 0 aliphatic carbocycles. The van der Waals surface area contributed by atoms with Crippen LogP contribution in [-0.2, 0) is 21.2 Å². The molecule has 0 bridgehead atoms. The molecule has 25 heavy (non-hydrogen) atoms. The monoisotopic (exact) mass is 368 g/mol. The molecule has 0 atom stereocenters. The Morgan fingerprint density at radius 1 is 1.12 bits per heavy atom. The molecule has 0 aromatic heterocycles. The first-order chi connectivity index (χ1) is 11.8. The van der Waals surface area contributed by atoms with Gasteiger partial charge in [-0.2, -0.15) is 4.31 Å². The van der Waals surface area contributed by atoms with Crippen LogP contribution in [-0.4, -0.2) is 32.2 Å². The van der Waals surface area contributed by atoms with Crippen molar-refractivity contribution in [2.24, 2.45) is 0 Å². The van der Waals surface area contributed by atoms with Crippen molar-refractivity contribution in [2.75, 3.05) is 18.9 Å². The molecule has 0 aliphatic rings. The van der Waals surface area contributed by atoms with Crippen molar-refractivity contribution in [3.05, 3.63) is 59.7 Å². The predicted octanol–water partition coefficient (Wildman–Crippen LogP) is 2.79. The Morgan fingerprint density at radius 3 is 2.44 bits per heavy atom. The fourth-order valence-electron chi connectivity index (χ4n) is 2.24. The number of anilines is 1. The SMILES string of the molecule is CCc1ccccc1NC(=O)CN(C)S(=O)(=O)c1ccc(F)c(F)c1. The van der Waals surface area contributed by atoms with Gasteiger partial charge in [0.15, 0.2) is 11.6 Å². The summed E-state index contributed by atoms with van der Waals surface area (Å²) in [4.78, 5) is 11.7. The quantitative estimate of drug-likeness (QED) is 0.853. The summed E-state index contributed by atoms with van der Waals surface area (Å²) in [6.45, 7) is 1.48. The Bertz CT molecular complexity index is 885.